The molecular weight excluding hydrogens is 498 g/mol. The van der Waals surface area contributed by atoms with Crippen LogP contribution in [0.1, 0.15) is 53.9 Å². The molecule has 0 bridgehead atoms. The topological polar surface area (TPSA) is 123 Å². The Morgan fingerprint density at radius 1 is 0.923 bits per heavy atom. The van der Waals surface area contributed by atoms with Gasteiger partial charge in [0.05, 0.1) is 49.1 Å². The third kappa shape index (κ3) is 6.69. The lowest BCUT2D eigenvalue weighted by Gasteiger charge is -2.36. The standard InChI is InChI=1S/C30H31N3O6/c34-18-21-7-9-22(10-8-21)27-15-24(17-33-19-32-25-3-1-2-4-26(25)33)38-30(39-27)23-11-5-20(6-12-23)16-31-28(35)13-14-29(36)37/h1-12,19,24,27,30,34H,13-18H2,(H,31,35)(H,36,37). The molecule has 2 heterocycles. The summed E-state index contributed by atoms with van der Waals surface area (Å²) in [6, 6.07) is 23.4. The molecule has 9 heteroatoms. The van der Waals surface area contributed by atoms with E-state index in [1.54, 1.807) is 0 Å². The normalized spacial score (nSPS) is 19.2. The average Bonchev–Trinajstić information content (AvgIpc) is 3.37. The molecule has 3 unspecified atom stereocenters. The average molecular weight is 530 g/mol. The van der Waals surface area contributed by atoms with Gasteiger partial charge in [-0.2, -0.15) is 0 Å². The summed E-state index contributed by atoms with van der Waals surface area (Å²) >= 11 is 0. The maximum Gasteiger partial charge on any atom is 0.303 e. The minimum Gasteiger partial charge on any atom is -0.481 e. The van der Waals surface area contributed by atoms with Crippen LogP contribution in [0.4, 0.5) is 0 Å². The van der Waals surface area contributed by atoms with Gasteiger partial charge in [0.2, 0.25) is 5.91 Å². The fraction of sp³-hybridized carbons (Fsp3) is 0.300. The first-order valence-electron chi connectivity index (χ1n) is 13.0. The van der Waals surface area contributed by atoms with Gasteiger partial charge in [-0.1, -0.05) is 60.7 Å². The summed E-state index contributed by atoms with van der Waals surface area (Å²) in [6.45, 7) is 0.910. The molecule has 1 aromatic heterocycles. The number of hydrogen-bond donors (Lipinski definition) is 3. The molecule has 0 radical (unpaired) electrons. The highest BCUT2D eigenvalue weighted by molar-refractivity contribution is 5.80. The van der Waals surface area contributed by atoms with E-state index in [2.05, 4.69) is 14.9 Å². The molecule has 1 saturated heterocycles. The van der Waals surface area contributed by atoms with Crippen molar-refractivity contribution in [3.05, 3.63) is 101 Å². The Morgan fingerprint density at radius 3 is 2.38 bits per heavy atom. The first kappa shape index (κ1) is 26.6. The molecule has 0 saturated carbocycles. The first-order valence-corrected chi connectivity index (χ1v) is 13.0. The SMILES string of the molecule is O=C(O)CCC(=O)NCc1ccc(C2OC(Cn3cnc4ccccc43)CC(c3ccc(CO)cc3)O2)cc1. The van der Waals surface area contributed by atoms with Gasteiger partial charge in [-0.05, 0) is 28.8 Å². The van der Waals surface area contributed by atoms with E-state index in [0.717, 1.165) is 33.3 Å². The van der Waals surface area contributed by atoms with Gasteiger partial charge in [0.25, 0.3) is 0 Å². The second kappa shape index (κ2) is 12.2. The van der Waals surface area contributed by atoms with Crippen LogP contribution in [0.3, 0.4) is 0 Å². The summed E-state index contributed by atoms with van der Waals surface area (Å²) in [7, 11) is 0. The van der Waals surface area contributed by atoms with Crippen LogP contribution in [0.5, 0.6) is 0 Å². The molecule has 0 spiro atoms. The minimum absolute atomic E-state index is 0.0137. The molecule has 4 aromatic rings. The van der Waals surface area contributed by atoms with Crippen molar-refractivity contribution >= 4 is 22.9 Å². The Kier molecular flexibility index (Phi) is 8.31. The number of carbonyl (C=O) groups excluding carboxylic acids is 1. The highest BCUT2D eigenvalue weighted by Crippen LogP contribution is 2.38. The number of aliphatic hydroxyl groups excluding tert-OH is 1. The van der Waals surface area contributed by atoms with Crippen molar-refractivity contribution in [3.63, 3.8) is 0 Å². The fourth-order valence-electron chi connectivity index (χ4n) is 4.71. The van der Waals surface area contributed by atoms with Crippen LogP contribution in [0.2, 0.25) is 0 Å². The van der Waals surface area contributed by atoms with Crippen molar-refractivity contribution < 1.29 is 29.3 Å². The lowest BCUT2D eigenvalue weighted by atomic mass is 9.99. The number of imidazole rings is 1. The number of nitrogens with zero attached hydrogens (tertiary/aromatic N) is 2. The number of ether oxygens (including phenoxy) is 2. The molecule has 5 rings (SSSR count). The fourth-order valence-corrected chi connectivity index (χ4v) is 4.71. The molecular formula is C30H31N3O6. The first-order chi connectivity index (χ1) is 19.0. The number of carbonyl (C=O) groups is 2. The lowest BCUT2D eigenvalue weighted by Crippen LogP contribution is -2.32. The predicted molar refractivity (Wildman–Crippen MR) is 143 cm³/mol. The van der Waals surface area contributed by atoms with E-state index in [-0.39, 0.29) is 37.6 Å². The Balaban J connectivity index is 1.31. The van der Waals surface area contributed by atoms with E-state index in [4.69, 9.17) is 14.6 Å². The summed E-state index contributed by atoms with van der Waals surface area (Å²) < 4.78 is 15.0. The molecule has 1 amide bonds. The minimum atomic E-state index is -0.996. The van der Waals surface area contributed by atoms with Crippen molar-refractivity contribution in [1.29, 1.82) is 0 Å². The summed E-state index contributed by atoms with van der Waals surface area (Å²) in [5.74, 6) is -1.30. The van der Waals surface area contributed by atoms with Gasteiger partial charge in [-0.25, -0.2) is 4.98 Å². The Morgan fingerprint density at radius 2 is 1.64 bits per heavy atom. The molecule has 3 N–H and O–H groups in total. The van der Waals surface area contributed by atoms with E-state index in [9.17, 15) is 14.7 Å². The van der Waals surface area contributed by atoms with Crippen molar-refractivity contribution in [2.24, 2.45) is 0 Å². The Hall–Kier alpha value is -4.05. The third-order valence-corrected chi connectivity index (χ3v) is 6.85. The number of aliphatic carboxylic acids is 1. The molecule has 1 fully saturated rings. The van der Waals surface area contributed by atoms with E-state index >= 15 is 0 Å². The summed E-state index contributed by atoms with van der Waals surface area (Å²) in [4.78, 5) is 27.0. The number of nitrogens with one attached hydrogen (secondary N) is 1. The monoisotopic (exact) mass is 529 g/mol. The van der Waals surface area contributed by atoms with Gasteiger partial charge >= 0.3 is 5.97 Å². The van der Waals surface area contributed by atoms with Crippen LogP contribution >= 0.6 is 0 Å². The summed E-state index contributed by atoms with van der Waals surface area (Å²) in [5, 5.41) is 20.9. The van der Waals surface area contributed by atoms with Crippen LogP contribution in [-0.4, -0.2) is 37.7 Å². The van der Waals surface area contributed by atoms with Crippen LogP contribution < -0.4 is 5.32 Å². The molecule has 1 aliphatic rings. The molecule has 0 aliphatic carbocycles. The highest BCUT2D eigenvalue weighted by atomic mass is 16.7. The number of aliphatic hydroxyl groups is 1. The number of hydrogen-bond acceptors (Lipinski definition) is 6. The van der Waals surface area contributed by atoms with Crippen molar-refractivity contribution in [2.45, 2.75) is 57.5 Å². The highest BCUT2D eigenvalue weighted by Gasteiger charge is 2.32. The molecule has 1 aliphatic heterocycles. The van der Waals surface area contributed by atoms with Gasteiger partial charge in [0.15, 0.2) is 6.29 Å². The molecule has 39 heavy (non-hydrogen) atoms. The van der Waals surface area contributed by atoms with Crippen LogP contribution in [0.25, 0.3) is 11.0 Å². The Bertz CT molecular complexity index is 1420. The molecule has 3 atom stereocenters. The van der Waals surface area contributed by atoms with Gasteiger partial charge in [0.1, 0.15) is 0 Å². The summed E-state index contributed by atoms with van der Waals surface area (Å²) in [5.41, 5.74) is 5.57. The zero-order valence-electron chi connectivity index (χ0n) is 21.4. The number of rotatable bonds is 10. The number of amides is 1. The number of benzene rings is 3. The van der Waals surface area contributed by atoms with Gasteiger partial charge < -0.3 is 29.6 Å². The number of para-hydroxylation sites is 2. The van der Waals surface area contributed by atoms with Gasteiger partial charge in [-0.3, -0.25) is 9.59 Å². The quantitative estimate of drug-likeness (QED) is 0.281. The van der Waals surface area contributed by atoms with E-state index < -0.39 is 12.3 Å². The Labute approximate surface area is 226 Å². The summed E-state index contributed by atoms with van der Waals surface area (Å²) in [6.07, 6.45) is 1.30. The molecule has 9 nitrogen and oxygen atoms in total. The third-order valence-electron chi connectivity index (χ3n) is 6.85. The number of carboxylic acid groups (broad SMARTS) is 1. The molecule has 202 valence electrons. The largest absolute Gasteiger partial charge is 0.481 e. The van der Waals surface area contributed by atoms with E-state index in [1.807, 2.05) is 79.1 Å². The zero-order valence-corrected chi connectivity index (χ0v) is 21.4. The van der Waals surface area contributed by atoms with Gasteiger partial charge in [0, 0.05) is 24.9 Å². The smallest absolute Gasteiger partial charge is 0.303 e. The van der Waals surface area contributed by atoms with Crippen molar-refractivity contribution in [1.82, 2.24) is 14.9 Å². The lowest BCUT2D eigenvalue weighted by molar-refractivity contribution is -0.252. The van der Waals surface area contributed by atoms with Crippen molar-refractivity contribution in [2.75, 3.05) is 0 Å². The maximum absolute atomic E-state index is 11.9. The van der Waals surface area contributed by atoms with Crippen LogP contribution in [0, 0.1) is 0 Å². The number of fused-ring (bicyclic) bond motifs is 1. The molecule has 3 aromatic carbocycles. The maximum atomic E-state index is 11.9. The number of carboxylic acids is 1. The van der Waals surface area contributed by atoms with Gasteiger partial charge in [-0.15, -0.1) is 0 Å². The van der Waals surface area contributed by atoms with Crippen LogP contribution in [-0.2, 0) is 38.8 Å². The number of aromatic nitrogens is 2. The second-order valence-electron chi connectivity index (χ2n) is 9.65. The predicted octanol–water partition coefficient (Wildman–Crippen LogP) is 4.26. The second-order valence-corrected chi connectivity index (χ2v) is 9.65. The van der Waals surface area contributed by atoms with E-state index in [0.29, 0.717) is 19.5 Å². The zero-order chi connectivity index (χ0) is 27.2. The van der Waals surface area contributed by atoms with Crippen molar-refractivity contribution in [3.8, 4) is 0 Å². The van der Waals surface area contributed by atoms with Crippen LogP contribution in [0.15, 0.2) is 79.1 Å². The van der Waals surface area contributed by atoms with E-state index in [1.165, 1.54) is 0 Å².